The van der Waals surface area contributed by atoms with Crippen LogP contribution in [0.3, 0.4) is 0 Å². The van der Waals surface area contributed by atoms with E-state index in [0.29, 0.717) is 5.56 Å². The van der Waals surface area contributed by atoms with Crippen LogP contribution in [0.1, 0.15) is 37.9 Å². The minimum atomic E-state index is -4.35. The van der Waals surface area contributed by atoms with Crippen molar-refractivity contribution in [2.24, 2.45) is 0 Å². The molecule has 0 aliphatic carbocycles. The zero-order valence-electron chi connectivity index (χ0n) is 11.4. The number of hydrogen-bond donors (Lipinski definition) is 1. The lowest BCUT2D eigenvalue weighted by molar-refractivity contribution is -0.154. The molecule has 1 aliphatic heterocycles. The summed E-state index contributed by atoms with van der Waals surface area (Å²) in [4.78, 5) is 11.8. The third-order valence-corrected chi connectivity index (χ3v) is 2.84. The van der Waals surface area contributed by atoms with E-state index in [-0.39, 0.29) is 12.0 Å². The molecule has 1 aromatic carbocycles. The average Bonchev–Trinajstić information content (AvgIpc) is 3.05. The van der Waals surface area contributed by atoms with E-state index in [4.69, 9.17) is 4.74 Å². The highest BCUT2D eigenvalue weighted by atomic mass is 19.4. The van der Waals surface area contributed by atoms with E-state index in [1.807, 2.05) is 0 Å². The zero-order valence-corrected chi connectivity index (χ0v) is 11.4. The van der Waals surface area contributed by atoms with E-state index in [2.05, 4.69) is 5.32 Å². The van der Waals surface area contributed by atoms with Crippen LogP contribution in [-0.2, 0) is 15.7 Å². The van der Waals surface area contributed by atoms with Gasteiger partial charge < -0.3 is 4.74 Å². The number of alkyl halides is 3. The van der Waals surface area contributed by atoms with E-state index < -0.39 is 23.4 Å². The first-order chi connectivity index (χ1) is 9.08. The minimum absolute atomic E-state index is 0.271. The molecule has 2 atom stereocenters. The second-order valence-electron chi connectivity index (χ2n) is 5.78. The summed E-state index contributed by atoms with van der Waals surface area (Å²) in [6, 6.07) is 4.04. The Bertz CT molecular complexity index is 503. The second-order valence-corrected chi connectivity index (χ2v) is 5.78. The third kappa shape index (κ3) is 3.50. The molecule has 1 N–H and O–H groups in total. The summed E-state index contributed by atoms with van der Waals surface area (Å²) in [5.41, 5.74) is -0.629. The summed E-state index contributed by atoms with van der Waals surface area (Å²) in [6.07, 6.45) is -4.35. The van der Waals surface area contributed by atoms with Crippen molar-refractivity contribution in [1.82, 2.24) is 5.32 Å². The van der Waals surface area contributed by atoms with Gasteiger partial charge in [0.1, 0.15) is 11.6 Å². The Morgan fingerprint density at radius 2 is 1.70 bits per heavy atom. The number of hydrogen-bond acceptors (Lipinski definition) is 3. The van der Waals surface area contributed by atoms with Crippen molar-refractivity contribution in [2.75, 3.05) is 0 Å². The number of carbonyl (C=O) groups excluding carboxylic acids is 1. The smallest absolute Gasteiger partial charge is 0.416 e. The Morgan fingerprint density at radius 1 is 1.15 bits per heavy atom. The Labute approximate surface area is 115 Å². The normalized spacial score (nSPS) is 22.5. The molecular weight excluding hydrogens is 271 g/mol. The number of benzene rings is 1. The topological polar surface area (TPSA) is 48.2 Å². The van der Waals surface area contributed by atoms with Crippen LogP contribution < -0.4 is 5.32 Å². The van der Waals surface area contributed by atoms with Gasteiger partial charge in [-0.2, -0.15) is 13.2 Å². The summed E-state index contributed by atoms with van der Waals surface area (Å²) in [5, 5.41) is 2.91. The van der Waals surface area contributed by atoms with E-state index in [1.54, 1.807) is 20.8 Å². The standard InChI is InChI=1S/C14H16F3NO2/c1-13(2,3)20-12(19)11-10(18-11)8-4-6-9(7-5-8)14(15,16)17/h4-7,10-11,18H,1-3H3/t10-,11-/m1/s1. The van der Waals surface area contributed by atoms with Gasteiger partial charge in [-0.05, 0) is 38.5 Å². The fourth-order valence-corrected chi connectivity index (χ4v) is 1.88. The molecule has 0 bridgehead atoms. The fourth-order valence-electron chi connectivity index (χ4n) is 1.88. The number of nitrogens with one attached hydrogen (secondary N) is 1. The van der Waals surface area contributed by atoms with Gasteiger partial charge in [0.15, 0.2) is 0 Å². The van der Waals surface area contributed by atoms with Crippen molar-refractivity contribution in [3.05, 3.63) is 35.4 Å². The maximum Gasteiger partial charge on any atom is 0.416 e. The van der Waals surface area contributed by atoms with E-state index >= 15 is 0 Å². The van der Waals surface area contributed by atoms with Gasteiger partial charge in [0.2, 0.25) is 0 Å². The maximum absolute atomic E-state index is 12.4. The summed E-state index contributed by atoms with van der Waals surface area (Å²) in [5.74, 6) is -0.387. The minimum Gasteiger partial charge on any atom is -0.459 e. The zero-order chi connectivity index (χ0) is 15.1. The van der Waals surface area contributed by atoms with E-state index in [0.717, 1.165) is 12.1 Å². The number of ether oxygens (including phenoxy) is 1. The summed E-state index contributed by atoms with van der Waals surface area (Å²) in [7, 11) is 0. The van der Waals surface area contributed by atoms with Gasteiger partial charge in [-0.25, -0.2) is 0 Å². The lowest BCUT2D eigenvalue weighted by atomic mass is 10.1. The molecule has 0 aromatic heterocycles. The third-order valence-electron chi connectivity index (χ3n) is 2.84. The second kappa shape index (κ2) is 4.77. The van der Waals surface area contributed by atoms with Crippen LogP contribution in [0.15, 0.2) is 24.3 Å². The van der Waals surface area contributed by atoms with Gasteiger partial charge in [-0.3, -0.25) is 10.1 Å². The first kappa shape index (κ1) is 14.8. The quantitative estimate of drug-likeness (QED) is 0.672. The Kier molecular flexibility index (Phi) is 3.54. The predicted octanol–water partition coefficient (Wildman–Crippen LogP) is 3.06. The SMILES string of the molecule is CC(C)(C)OC(=O)[C@@H]1N[C@@H]1c1ccc(C(F)(F)F)cc1. The fraction of sp³-hybridized carbons (Fsp3) is 0.500. The molecule has 0 radical (unpaired) electrons. The lowest BCUT2D eigenvalue weighted by Crippen LogP contribution is -2.27. The molecule has 0 amide bonds. The molecule has 1 aromatic rings. The number of esters is 1. The van der Waals surface area contributed by atoms with Crippen LogP contribution in [0.4, 0.5) is 13.2 Å². The highest BCUT2D eigenvalue weighted by molar-refractivity contribution is 5.81. The molecular formula is C14H16F3NO2. The van der Waals surface area contributed by atoms with Crippen LogP contribution in [0.5, 0.6) is 0 Å². The van der Waals surface area contributed by atoms with Crippen LogP contribution in [0.25, 0.3) is 0 Å². The van der Waals surface area contributed by atoms with E-state index in [1.165, 1.54) is 12.1 Å². The molecule has 1 saturated heterocycles. The average molecular weight is 287 g/mol. The van der Waals surface area contributed by atoms with Gasteiger partial charge in [0, 0.05) is 0 Å². The van der Waals surface area contributed by atoms with Crippen molar-refractivity contribution in [3.8, 4) is 0 Å². The molecule has 1 fully saturated rings. The largest absolute Gasteiger partial charge is 0.459 e. The van der Waals surface area contributed by atoms with Gasteiger partial charge in [0.25, 0.3) is 0 Å². The number of carbonyl (C=O) groups is 1. The molecule has 0 spiro atoms. The first-order valence-corrected chi connectivity index (χ1v) is 6.24. The van der Waals surface area contributed by atoms with Crippen molar-refractivity contribution in [3.63, 3.8) is 0 Å². The highest BCUT2D eigenvalue weighted by Crippen LogP contribution is 2.34. The molecule has 6 heteroatoms. The monoisotopic (exact) mass is 287 g/mol. The van der Waals surface area contributed by atoms with Crippen molar-refractivity contribution in [1.29, 1.82) is 0 Å². The molecule has 3 nitrogen and oxygen atoms in total. The molecule has 20 heavy (non-hydrogen) atoms. The van der Waals surface area contributed by atoms with Crippen molar-refractivity contribution in [2.45, 2.75) is 44.6 Å². The van der Waals surface area contributed by atoms with Crippen LogP contribution in [0, 0.1) is 0 Å². The van der Waals surface area contributed by atoms with E-state index in [9.17, 15) is 18.0 Å². The van der Waals surface area contributed by atoms with Crippen molar-refractivity contribution < 1.29 is 22.7 Å². The Morgan fingerprint density at radius 3 is 2.15 bits per heavy atom. The van der Waals surface area contributed by atoms with Crippen molar-refractivity contribution >= 4 is 5.97 Å². The summed E-state index contributed by atoms with van der Waals surface area (Å²) >= 11 is 0. The lowest BCUT2D eigenvalue weighted by Gasteiger charge is -2.19. The summed E-state index contributed by atoms with van der Waals surface area (Å²) < 4.78 is 42.5. The molecule has 2 rings (SSSR count). The predicted molar refractivity (Wildman–Crippen MR) is 67.0 cm³/mol. The maximum atomic E-state index is 12.4. The number of halogens is 3. The molecule has 1 aliphatic rings. The molecule has 0 saturated carbocycles. The summed E-state index contributed by atoms with van der Waals surface area (Å²) in [6.45, 7) is 5.29. The van der Waals surface area contributed by atoms with Gasteiger partial charge in [0.05, 0.1) is 11.6 Å². The van der Waals surface area contributed by atoms with Gasteiger partial charge >= 0.3 is 12.1 Å². The molecule has 0 unspecified atom stereocenters. The number of rotatable bonds is 2. The molecule has 110 valence electrons. The molecule has 1 heterocycles. The van der Waals surface area contributed by atoms with Gasteiger partial charge in [-0.15, -0.1) is 0 Å². The first-order valence-electron chi connectivity index (χ1n) is 6.24. The Balaban J connectivity index is 2.00. The van der Waals surface area contributed by atoms with Crippen LogP contribution in [0.2, 0.25) is 0 Å². The Hall–Kier alpha value is -1.56. The van der Waals surface area contributed by atoms with Gasteiger partial charge in [-0.1, -0.05) is 12.1 Å². The van der Waals surface area contributed by atoms with Crippen LogP contribution >= 0.6 is 0 Å². The van der Waals surface area contributed by atoms with Crippen LogP contribution in [-0.4, -0.2) is 17.6 Å². The highest BCUT2D eigenvalue weighted by Gasteiger charge is 2.45.